The van der Waals surface area contributed by atoms with Gasteiger partial charge < -0.3 is 9.84 Å². The van der Waals surface area contributed by atoms with Gasteiger partial charge >= 0.3 is 0 Å². The molecule has 3 nitrogen and oxygen atoms in total. The van der Waals surface area contributed by atoms with Crippen LogP contribution in [0.2, 0.25) is 0 Å². The fourth-order valence-electron chi connectivity index (χ4n) is 2.14. The summed E-state index contributed by atoms with van der Waals surface area (Å²) >= 11 is 0. The fourth-order valence-corrected chi connectivity index (χ4v) is 2.14. The zero-order chi connectivity index (χ0) is 14.0. The third-order valence-corrected chi connectivity index (χ3v) is 3.14. The van der Waals surface area contributed by atoms with Gasteiger partial charge in [0.2, 0.25) is 0 Å². The van der Waals surface area contributed by atoms with Gasteiger partial charge in [-0.1, -0.05) is 11.2 Å². The average Bonchev–Trinajstić information content (AvgIpc) is 2.68. The highest BCUT2D eigenvalue weighted by Gasteiger charge is 2.16. The minimum Gasteiger partial charge on any atom is -0.361 e. The van der Waals surface area contributed by atoms with Crippen LogP contribution >= 0.6 is 0 Å². The van der Waals surface area contributed by atoms with Gasteiger partial charge in [0, 0.05) is 29.8 Å². The molecule has 0 amide bonds. The summed E-state index contributed by atoms with van der Waals surface area (Å²) < 4.78 is 31.4. The molecule has 0 aliphatic rings. The van der Waals surface area contributed by atoms with E-state index in [1.165, 1.54) is 12.1 Å². The molecule has 1 N–H and O–H groups in total. The summed E-state index contributed by atoms with van der Waals surface area (Å²) in [7, 11) is 0. The fraction of sp³-hybridized carbons (Fsp3) is 0.357. The molecule has 1 atom stereocenters. The Hall–Kier alpha value is -1.75. The maximum Gasteiger partial charge on any atom is 0.138 e. The van der Waals surface area contributed by atoms with Crippen LogP contribution in [-0.4, -0.2) is 5.16 Å². The Morgan fingerprint density at radius 2 is 2.05 bits per heavy atom. The highest BCUT2D eigenvalue weighted by molar-refractivity contribution is 5.25. The molecule has 0 aliphatic heterocycles. The molecular weight excluding hydrogens is 250 g/mol. The number of nitrogens with one attached hydrogen (secondary N) is 1. The second-order valence-electron chi connectivity index (χ2n) is 4.58. The molecule has 0 aliphatic carbocycles. The van der Waals surface area contributed by atoms with E-state index in [1.807, 2.05) is 20.8 Å². The SMILES string of the molecule is Cc1noc(C)c1C(C)NCc1ccc(F)cc1F. The lowest BCUT2D eigenvalue weighted by molar-refractivity contribution is 0.390. The second kappa shape index (κ2) is 5.48. The molecule has 1 aromatic heterocycles. The van der Waals surface area contributed by atoms with Gasteiger partial charge in [-0.2, -0.15) is 0 Å². The molecule has 0 radical (unpaired) electrons. The maximum atomic E-state index is 13.5. The lowest BCUT2D eigenvalue weighted by atomic mass is 10.1. The Bertz CT molecular complexity index is 561. The maximum absolute atomic E-state index is 13.5. The average molecular weight is 266 g/mol. The van der Waals surface area contributed by atoms with Crippen LogP contribution in [0.1, 0.15) is 35.5 Å². The number of hydrogen-bond acceptors (Lipinski definition) is 3. The molecule has 0 bridgehead atoms. The number of aryl methyl sites for hydroxylation is 2. The third kappa shape index (κ3) is 2.98. The quantitative estimate of drug-likeness (QED) is 0.921. The van der Waals surface area contributed by atoms with E-state index in [-0.39, 0.29) is 6.04 Å². The monoisotopic (exact) mass is 266 g/mol. The highest BCUT2D eigenvalue weighted by Crippen LogP contribution is 2.21. The van der Waals surface area contributed by atoms with Crippen molar-refractivity contribution in [2.75, 3.05) is 0 Å². The number of benzene rings is 1. The van der Waals surface area contributed by atoms with Gasteiger partial charge in [-0.3, -0.25) is 0 Å². The van der Waals surface area contributed by atoms with E-state index < -0.39 is 11.6 Å². The topological polar surface area (TPSA) is 38.1 Å². The Balaban J connectivity index is 2.06. The number of rotatable bonds is 4. The van der Waals surface area contributed by atoms with Gasteiger partial charge in [0.25, 0.3) is 0 Å². The molecule has 102 valence electrons. The van der Waals surface area contributed by atoms with Crippen LogP contribution in [0.4, 0.5) is 8.78 Å². The minimum atomic E-state index is -0.569. The minimum absolute atomic E-state index is 0.0179. The molecule has 19 heavy (non-hydrogen) atoms. The molecule has 0 spiro atoms. The smallest absolute Gasteiger partial charge is 0.138 e. The van der Waals surface area contributed by atoms with Gasteiger partial charge in [-0.05, 0) is 26.8 Å². The van der Waals surface area contributed by atoms with Gasteiger partial charge in [0.15, 0.2) is 0 Å². The molecule has 1 unspecified atom stereocenters. The normalized spacial score (nSPS) is 12.7. The van der Waals surface area contributed by atoms with E-state index in [0.29, 0.717) is 12.1 Å². The predicted octanol–water partition coefficient (Wildman–Crippen LogP) is 3.42. The van der Waals surface area contributed by atoms with Gasteiger partial charge in [-0.15, -0.1) is 0 Å². The zero-order valence-electron chi connectivity index (χ0n) is 11.1. The first-order valence-electron chi connectivity index (χ1n) is 6.09. The first-order chi connectivity index (χ1) is 8.99. The standard InChI is InChI=1S/C14H16F2N2O/c1-8(14-9(2)18-19-10(14)3)17-7-11-4-5-12(15)6-13(11)16/h4-6,8,17H,7H2,1-3H3. The summed E-state index contributed by atoms with van der Waals surface area (Å²) in [6, 6.07) is 3.56. The molecule has 5 heteroatoms. The van der Waals surface area contributed by atoms with Crippen molar-refractivity contribution >= 4 is 0 Å². The van der Waals surface area contributed by atoms with Crippen molar-refractivity contribution in [3.05, 3.63) is 52.4 Å². The molecule has 2 aromatic rings. The Kier molecular flexibility index (Phi) is 3.95. The van der Waals surface area contributed by atoms with Crippen LogP contribution in [0.25, 0.3) is 0 Å². The van der Waals surface area contributed by atoms with Crippen molar-refractivity contribution in [1.82, 2.24) is 10.5 Å². The summed E-state index contributed by atoms with van der Waals surface area (Å²) in [4.78, 5) is 0. The molecule has 1 aromatic carbocycles. The van der Waals surface area contributed by atoms with Crippen molar-refractivity contribution in [2.24, 2.45) is 0 Å². The van der Waals surface area contributed by atoms with Crippen LogP contribution in [0, 0.1) is 25.5 Å². The molecule has 1 heterocycles. The van der Waals surface area contributed by atoms with E-state index in [2.05, 4.69) is 10.5 Å². The summed E-state index contributed by atoms with van der Waals surface area (Å²) in [6.07, 6.45) is 0. The number of halogens is 2. The molecule has 0 saturated carbocycles. The van der Waals surface area contributed by atoms with Crippen molar-refractivity contribution in [2.45, 2.75) is 33.4 Å². The summed E-state index contributed by atoms with van der Waals surface area (Å²) in [5.74, 6) is -0.365. The molecular formula is C14H16F2N2O. The Labute approximate surface area is 110 Å². The number of hydrogen-bond donors (Lipinski definition) is 1. The lowest BCUT2D eigenvalue weighted by Gasteiger charge is -2.14. The van der Waals surface area contributed by atoms with Crippen LogP contribution in [-0.2, 0) is 6.54 Å². The first-order valence-corrected chi connectivity index (χ1v) is 6.09. The van der Waals surface area contributed by atoms with E-state index in [9.17, 15) is 8.78 Å². The molecule has 2 rings (SSSR count). The largest absolute Gasteiger partial charge is 0.361 e. The van der Waals surface area contributed by atoms with Crippen molar-refractivity contribution in [1.29, 1.82) is 0 Å². The molecule has 0 saturated heterocycles. The third-order valence-electron chi connectivity index (χ3n) is 3.14. The van der Waals surface area contributed by atoms with E-state index in [0.717, 1.165) is 23.1 Å². The van der Waals surface area contributed by atoms with E-state index >= 15 is 0 Å². The van der Waals surface area contributed by atoms with E-state index in [4.69, 9.17) is 4.52 Å². The predicted molar refractivity (Wildman–Crippen MR) is 67.6 cm³/mol. The van der Waals surface area contributed by atoms with Crippen molar-refractivity contribution in [3.8, 4) is 0 Å². The summed E-state index contributed by atoms with van der Waals surface area (Å²) in [6.45, 7) is 5.97. The van der Waals surface area contributed by atoms with Crippen LogP contribution in [0.5, 0.6) is 0 Å². The highest BCUT2D eigenvalue weighted by atomic mass is 19.1. The Morgan fingerprint density at radius 1 is 1.32 bits per heavy atom. The molecule has 0 fully saturated rings. The second-order valence-corrected chi connectivity index (χ2v) is 4.58. The van der Waals surface area contributed by atoms with E-state index in [1.54, 1.807) is 0 Å². The van der Waals surface area contributed by atoms with Crippen LogP contribution < -0.4 is 5.32 Å². The van der Waals surface area contributed by atoms with Gasteiger partial charge in [0.05, 0.1) is 5.69 Å². The summed E-state index contributed by atoms with van der Waals surface area (Å²) in [5.41, 5.74) is 2.22. The first kappa shape index (κ1) is 13.7. The van der Waals surface area contributed by atoms with Crippen molar-refractivity contribution in [3.63, 3.8) is 0 Å². The van der Waals surface area contributed by atoms with Crippen LogP contribution in [0.15, 0.2) is 22.7 Å². The van der Waals surface area contributed by atoms with Crippen LogP contribution in [0.3, 0.4) is 0 Å². The van der Waals surface area contributed by atoms with Gasteiger partial charge in [0.1, 0.15) is 17.4 Å². The van der Waals surface area contributed by atoms with Crippen molar-refractivity contribution < 1.29 is 13.3 Å². The number of nitrogens with zero attached hydrogens (tertiary/aromatic N) is 1. The number of aromatic nitrogens is 1. The van der Waals surface area contributed by atoms with Gasteiger partial charge in [-0.25, -0.2) is 8.78 Å². The zero-order valence-corrected chi connectivity index (χ0v) is 11.1. The Morgan fingerprint density at radius 3 is 2.63 bits per heavy atom. The summed E-state index contributed by atoms with van der Waals surface area (Å²) in [5, 5.41) is 7.06. The lowest BCUT2D eigenvalue weighted by Crippen LogP contribution is -2.19.